The third-order valence-electron chi connectivity index (χ3n) is 2.86. The van der Waals surface area contributed by atoms with Gasteiger partial charge in [0.25, 0.3) is 0 Å². The van der Waals surface area contributed by atoms with Crippen molar-refractivity contribution in [2.75, 3.05) is 0 Å². The van der Waals surface area contributed by atoms with Gasteiger partial charge in [0.05, 0.1) is 6.10 Å². The topological polar surface area (TPSA) is 29.5 Å². The van der Waals surface area contributed by atoms with Gasteiger partial charge in [-0.05, 0) is 43.7 Å². The molecule has 0 aliphatic carbocycles. The van der Waals surface area contributed by atoms with E-state index in [1.165, 1.54) is 9.75 Å². The molecule has 2 rings (SSSR count). The molecule has 1 atom stereocenters. The van der Waals surface area contributed by atoms with E-state index in [1.54, 1.807) is 36.5 Å². The number of hydrogen-bond donors (Lipinski definition) is 1. The van der Waals surface area contributed by atoms with Gasteiger partial charge < -0.3 is 9.84 Å². The number of hydrogen-bond acceptors (Lipinski definition) is 3. The van der Waals surface area contributed by atoms with Crippen molar-refractivity contribution >= 4 is 22.9 Å². The van der Waals surface area contributed by atoms with E-state index in [0.29, 0.717) is 17.4 Å². The summed E-state index contributed by atoms with van der Waals surface area (Å²) in [5.41, 5.74) is 0.722. The van der Waals surface area contributed by atoms with Gasteiger partial charge in [-0.1, -0.05) is 18.5 Å². The highest BCUT2D eigenvalue weighted by molar-refractivity contribution is 7.11. The molecule has 1 aromatic heterocycles. The van der Waals surface area contributed by atoms with Crippen LogP contribution in [-0.2, 0) is 13.0 Å². The molecule has 1 aromatic carbocycles. The molecule has 0 saturated heterocycles. The number of aliphatic hydroxyl groups is 1. The van der Waals surface area contributed by atoms with Crippen LogP contribution in [0.2, 0.25) is 5.02 Å². The van der Waals surface area contributed by atoms with Crippen molar-refractivity contribution in [3.63, 3.8) is 0 Å². The van der Waals surface area contributed by atoms with Crippen LogP contribution in [0.4, 0.5) is 0 Å². The van der Waals surface area contributed by atoms with E-state index in [4.69, 9.17) is 16.3 Å². The second kappa shape index (κ2) is 6.42. The lowest BCUT2D eigenvalue weighted by atomic mass is 10.1. The first kappa shape index (κ1) is 14.4. The number of rotatable bonds is 5. The summed E-state index contributed by atoms with van der Waals surface area (Å²) in [5.74, 6) is 0.686. The summed E-state index contributed by atoms with van der Waals surface area (Å²) in [6, 6.07) is 9.53. The molecule has 0 unspecified atom stereocenters. The SMILES string of the molecule is CCc1ccc(COc2ccc(Cl)cc2[C@H](C)O)s1. The quantitative estimate of drug-likeness (QED) is 0.874. The van der Waals surface area contributed by atoms with Gasteiger partial charge in [0.15, 0.2) is 0 Å². The Labute approximate surface area is 122 Å². The minimum Gasteiger partial charge on any atom is -0.488 e. The fourth-order valence-corrected chi connectivity index (χ4v) is 2.87. The Kier molecular flexibility index (Phi) is 4.86. The Morgan fingerprint density at radius 2 is 2.00 bits per heavy atom. The first-order valence-corrected chi connectivity index (χ1v) is 7.47. The lowest BCUT2D eigenvalue weighted by Crippen LogP contribution is -2.00. The van der Waals surface area contributed by atoms with E-state index < -0.39 is 6.10 Å². The zero-order valence-corrected chi connectivity index (χ0v) is 12.6. The first-order chi connectivity index (χ1) is 9.10. The minimum absolute atomic E-state index is 0.520. The van der Waals surface area contributed by atoms with Gasteiger partial charge in [-0.15, -0.1) is 11.3 Å². The average molecular weight is 297 g/mol. The number of aliphatic hydroxyl groups excluding tert-OH is 1. The van der Waals surface area contributed by atoms with Gasteiger partial charge in [-0.25, -0.2) is 0 Å². The Morgan fingerprint density at radius 3 is 2.63 bits per heavy atom. The highest BCUT2D eigenvalue weighted by Crippen LogP contribution is 2.29. The largest absolute Gasteiger partial charge is 0.488 e. The number of halogens is 1. The Morgan fingerprint density at radius 1 is 1.26 bits per heavy atom. The summed E-state index contributed by atoms with van der Waals surface area (Å²) < 4.78 is 5.79. The monoisotopic (exact) mass is 296 g/mol. The summed E-state index contributed by atoms with van der Waals surface area (Å²) in [6.45, 7) is 4.37. The van der Waals surface area contributed by atoms with E-state index in [-0.39, 0.29) is 0 Å². The van der Waals surface area contributed by atoms with Gasteiger partial charge in [-0.3, -0.25) is 0 Å². The molecule has 1 N–H and O–H groups in total. The molecule has 0 fully saturated rings. The molecular formula is C15H17ClO2S. The maximum Gasteiger partial charge on any atom is 0.125 e. The Bertz CT molecular complexity index is 549. The summed E-state index contributed by atoms with van der Waals surface area (Å²) in [6.07, 6.45) is 0.452. The molecule has 4 heteroatoms. The molecule has 0 saturated carbocycles. The maximum absolute atomic E-state index is 9.73. The molecule has 19 heavy (non-hydrogen) atoms. The molecule has 0 spiro atoms. The summed E-state index contributed by atoms with van der Waals surface area (Å²) in [7, 11) is 0. The van der Waals surface area contributed by atoms with Crippen molar-refractivity contribution in [1.29, 1.82) is 0 Å². The average Bonchev–Trinajstić information content (AvgIpc) is 2.85. The number of ether oxygens (including phenoxy) is 1. The Hall–Kier alpha value is -1.03. The fraction of sp³-hybridized carbons (Fsp3) is 0.333. The normalized spacial score (nSPS) is 12.4. The van der Waals surface area contributed by atoms with Crippen molar-refractivity contribution in [3.8, 4) is 5.75 Å². The molecule has 2 aromatic rings. The summed E-state index contributed by atoms with van der Waals surface area (Å²) >= 11 is 7.69. The molecule has 0 amide bonds. The number of benzene rings is 1. The number of aryl methyl sites for hydroxylation is 1. The lowest BCUT2D eigenvalue weighted by molar-refractivity contribution is 0.190. The third-order valence-corrected chi connectivity index (χ3v) is 4.30. The zero-order chi connectivity index (χ0) is 13.8. The van der Waals surface area contributed by atoms with Crippen LogP contribution in [0.25, 0.3) is 0 Å². The van der Waals surface area contributed by atoms with Crippen LogP contribution in [0.5, 0.6) is 5.75 Å². The van der Waals surface area contributed by atoms with Crippen molar-refractivity contribution in [3.05, 3.63) is 50.7 Å². The zero-order valence-electron chi connectivity index (χ0n) is 11.0. The van der Waals surface area contributed by atoms with Crippen molar-refractivity contribution in [1.82, 2.24) is 0 Å². The molecule has 0 aliphatic rings. The van der Waals surface area contributed by atoms with Crippen LogP contribution < -0.4 is 4.74 Å². The van der Waals surface area contributed by atoms with Crippen molar-refractivity contribution < 1.29 is 9.84 Å². The van der Waals surface area contributed by atoms with Crippen LogP contribution in [0, 0.1) is 0 Å². The van der Waals surface area contributed by atoms with Gasteiger partial charge in [0.1, 0.15) is 12.4 Å². The third kappa shape index (κ3) is 3.72. The lowest BCUT2D eigenvalue weighted by Gasteiger charge is -2.13. The van der Waals surface area contributed by atoms with Crippen molar-refractivity contribution in [2.45, 2.75) is 33.0 Å². The van der Waals surface area contributed by atoms with E-state index in [0.717, 1.165) is 12.0 Å². The van der Waals surface area contributed by atoms with E-state index in [1.807, 2.05) is 0 Å². The molecule has 2 nitrogen and oxygen atoms in total. The van der Waals surface area contributed by atoms with E-state index >= 15 is 0 Å². The standard InChI is InChI=1S/C15H17ClO2S/c1-3-12-5-6-13(19-12)9-18-15-7-4-11(16)8-14(15)10(2)17/h4-8,10,17H,3,9H2,1-2H3/t10-/m0/s1. The predicted molar refractivity (Wildman–Crippen MR) is 80.1 cm³/mol. The van der Waals surface area contributed by atoms with Gasteiger partial charge in [0.2, 0.25) is 0 Å². The van der Waals surface area contributed by atoms with Crippen LogP contribution in [-0.4, -0.2) is 5.11 Å². The van der Waals surface area contributed by atoms with Crippen LogP contribution in [0.1, 0.15) is 35.3 Å². The van der Waals surface area contributed by atoms with Gasteiger partial charge >= 0.3 is 0 Å². The van der Waals surface area contributed by atoms with Crippen molar-refractivity contribution in [2.24, 2.45) is 0 Å². The van der Waals surface area contributed by atoms with Crippen LogP contribution in [0.3, 0.4) is 0 Å². The molecule has 0 radical (unpaired) electrons. The fourth-order valence-electron chi connectivity index (χ4n) is 1.82. The highest BCUT2D eigenvalue weighted by Gasteiger charge is 2.10. The Balaban J connectivity index is 2.10. The first-order valence-electron chi connectivity index (χ1n) is 6.28. The highest BCUT2D eigenvalue weighted by atomic mass is 35.5. The summed E-state index contributed by atoms with van der Waals surface area (Å²) in [5, 5.41) is 10.3. The summed E-state index contributed by atoms with van der Waals surface area (Å²) in [4.78, 5) is 2.54. The predicted octanol–water partition coefficient (Wildman–Crippen LogP) is 4.60. The van der Waals surface area contributed by atoms with Gasteiger partial charge in [0, 0.05) is 20.3 Å². The second-order valence-electron chi connectivity index (χ2n) is 4.37. The molecule has 102 valence electrons. The van der Waals surface area contributed by atoms with Crippen LogP contribution >= 0.6 is 22.9 Å². The molecular weight excluding hydrogens is 280 g/mol. The molecule has 0 aliphatic heterocycles. The minimum atomic E-state index is -0.594. The van der Waals surface area contributed by atoms with Crippen LogP contribution in [0.15, 0.2) is 30.3 Å². The number of thiophene rings is 1. The molecule has 1 heterocycles. The van der Waals surface area contributed by atoms with Gasteiger partial charge in [-0.2, -0.15) is 0 Å². The molecule has 0 bridgehead atoms. The maximum atomic E-state index is 9.73. The van der Waals surface area contributed by atoms with E-state index in [2.05, 4.69) is 19.1 Å². The second-order valence-corrected chi connectivity index (χ2v) is 6.06. The smallest absolute Gasteiger partial charge is 0.125 e. The van der Waals surface area contributed by atoms with E-state index in [9.17, 15) is 5.11 Å².